The zero-order valence-electron chi connectivity index (χ0n) is 13.6. The highest BCUT2D eigenvalue weighted by Crippen LogP contribution is 2.31. The molecule has 2 rings (SSSR count). The van der Waals surface area contributed by atoms with Gasteiger partial charge < -0.3 is 5.11 Å². The summed E-state index contributed by atoms with van der Waals surface area (Å²) in [6.45, 7) is 4.73. The van der Waals surface area contributed by atoms with Gasteiger partial charge in [-0.1, -0.05) is 22.0 Å². The summed E-state index contributed by atoms with van der Waals surface area (Å²) in [4.78, 5) is -0.0347. The van der Waals surface area contributed by atoms with Gasteiger partial charge in [0, 0.05) is 4.47 Å². The lowest BCUT2D eigenvalue weighted by atomic mass is 10.1. The molecule has 1 N–H and O–H groups in total. The van der Waals surface area contributed by atoms with Gasteiger partial charge in [0.05, 0.1) is 22.7 Å². The Kier molecular flexibility index (Phi) is 5.37. The predicted molar refractivity (Wildman–Crippen MR) is 96.1 cm³/mol. The molecular weight excluding hydrogens is 397 g/mol. The minimum Gasteiger partial charge on any atom is -0.389 e. The summed E-state index contributed by atoms with van der Waals surface area (Å²) in [6, 6.07) is 9.92. The van der Waals surface area contributed by atoms with Crippen LogP contribution in [0.5, 0.6) is 0 Å². The van der Waals surface area contributed by atoms with E-state index in [0.717, 1.165) is 26.5 Å². The first-order chi connectivity index (χ1) is 11.0. The van der Waals surface area contributed by atoms with Crippen LogP contribution in [-0.4, -0.2) is 25.7 Å². The Bertz CT molecular complexity index is 830. The van der Waals surface area contributed by atoms with Crippen molar-refractivity contribution < 1.29 is 17.9 Å². The van der Waals surface area contributed by atoms with Crippen LogP contribution < -0.4 is 4.31 Å². The third kappa shape index (κ3) is 4.34. The summed E-state index contributed by atoms with van der Waals surface area (Å²) in [5.74, 6) is -0.512. The number of rotatable bonds is 5. The van der Waals surface area contributed by atoms with Crippen molar-refractivity contribution in [2.24, 2.45) is 0 Å². The van der Waals surface area contributed by atoms with Crippen LogP contribution in [0.1, 0.15) is 19.4 Å². The van der Waals surface area contributed by atoms with Gasteiger partial charge in [0.2, 0.25) is 0 Å². The maximum Gasteiger partial charge on any atom is 0.264 e. The molecule has 0 spiro atoms. The van der Waals surface area contributed by atoms with Gasteiger partial charge in [0.15, 0.2) is 0 Å². The second kappa shape index (κ2) is 6.82. The molecule has 0 radical (unpaired) electrons. The fourth-order valence-electron chi connectivity index (χ4n) is 2.24. The first-order valence-electron chi connectivity index (χ1n) is 7.27. The van der Waals surface area contributed by atoms with Crippen LogP contribution in [0.3, 0.4) is 0 Å². The fraction of sp³-hybridized carbons (Fsp3) is 0.294. The van der Waals surface area contributed by atoms with Gasteiger partial charge in [0.25, 0.3) is 10.0 Å². The second-order valence-corrected chi connectivity index (χ2v) is 8.99. The molecule has 0 amide bonds. The van der Waals surface area contributed by atoms with E-state index in [4.69, 9.17) is 0 Å². The molecule has 0 aromatic heterocycles. The van der Waals surface area contributed by atoms with E-state index >= 15 is 0 Å². The first kappa shape index (κ1) is 18.9. The van der Waals surface area contributed by atoms with Crippen LogP contribution in [0.2, 0.25) is 0 Å². The molecule has 2 aromatic carbocycles. The predicted octanol–water partition coefficient (Wildman–Crippen LogP) is 3.86. The number of hydrogen-bond donors (Lipinski definition) is 1. The van der Waals surface area contributed by atoms with E-state index in [2.05, 4.69) is 15.9 Å². The van der Waals surface area contributed by atoms with E-state index < -0.39 is 21.4 Å². The van der Waals surface area contributed by atoms with E-state index in [1.165, 1.54) is 26.0 Å². The molecule has 130 valence electrons. The lowest BCUT2D eigenvalue weighted by Crippen LogP contribution is -2.42. The van der Waals surface area contributed by atoms with Crippen molar-refractivity contribution in [3.05, 3.63) is 58.3 Å². The maximum absolute atomic E-state index is 13.1. The van der Waals surface area contributed by atoms with E-state index in [9.17, 15) is 17.9 Å². The van der Waals surface area contributed by atoms with Gasteiger partial charge in [0.1, 0.15) is 5.82 Å². The fourth-order valence-corrected chi connectivity index (χ4v) is 4.26. The Labute approximate surface area is 150 Å². The van der Waals surface area contributed by atoms with Gasteiger partial charge in [-0.15, -0.1) is 0 Å². The van der Waals surface area contributed by atoms with Crippen molar-refractivity contribution in [2.45, 2.75) is 31.3 Å². The highest BCUT2D eigenvalue weighted by molar-refractivity contribution is 9.10. The zero-order valence-corrected chi connectivity index (χ0v) is 16.0. The van der Waals surface area contributed by atoms with Gasteiger partial charge in [-0.3, -0.25) is 4.31 Å². The average Bonchev–Trinajstić information content (AvgIpc) is 2.47. The molecule has 0 saturated carbocycles. The third-order valence-electron chi connectivity index (χ3n) is 3.37. The van der Waals surface area contributed by atoms with Crippen LogP contribution in [0.25, 0.3) is 0 Å². The summed E-state index contributed by atoms with van der Waals surface area (Å²) in [5, 5.41) is 10.2. The lowest BCUT2D eigenvalue weighted by molar-refractivity contribution is 0.0909. The van der Waals surface area contributed by atoms with Crippen molar-refractivity contribution in [3.63, 3.8) is 0 Å². The van der Waals surface area contributed by atoms with Crippen LogP contribution in [0, 0.1) is 12.7 Å². The minimum atomic E-state index is -3.96. The van der Waals surface area contributed by atoms with Gasteiger partial charge >= 0.3 is 0 Å². The first-order valence-corrected chi connectivity index (χ1v) is 9.51. The Morgan fingerprint density at radius 2 is 1.75 bits per heavy atom. The van der Waals surface area contributed by atoms with Crippen LogP contribution in [-0.2, 0) is 10.0 Å². The number of aliphatic hydroxyl groups is 1. The van der Waals surface area contributed by atoms with E-state index in [0.29, 0.717) is 5.69 Å². The Balaban J connectivity index is 2.61. The number of halogens is 2. The minimum absolute atomic E-state index is 0.0347. The number of benzene rings is 2. The number of hydrogen-bond acceptors (Lipinski definition) is 3. The van der Waals surface area contributed by atoms with Gasteiger partial charge in [-0.05, 0) is 62.7 Å². The zero-order chi connectivity index (χ0) is 18.1. The Morgan fingerprint density at radius 1 is 1.17 bits per heavy atom. The number of aryl methyl sites for hydroxylation is 1. The molecule has 0 atom stereocenters. The third-order valence-corrected chi connectivity index (χ3v) is 5.64. The second-order valence-electron chi connectivity index (χ2n) is 6.21. The number of sulfonamides is 1. The molecule has 0 bridgehead atoms. The van der Waals surface area contributed by atoms with Crippen LogP contribution in [0.4, 0.5) is 10.1 Å². The van der Waals surface area contributed by atoms with E-state index in [1.54, 1.807) is 19.1 Å². The average molecular weight is 416 g/mol. The van der Waals surface area contributed by atoms with Gasteiger partial charge in [-0.25, -0.2) is 12.8 Å². The standard InChI is InChI=1S/C17H19BrFNO3S/c1-12-4-5-13(18)10-16(12)20(11-17(2,3)21)24(22,23)15-8-6-14(19)7-9-15/h4-10,21H,11H2,1-3H3. The maximum atomic E-state index is 13.1. The van der Waals surface area contributed by atoms with Crippen molar-refractivity contribution in [2.75, 3.05) is 10.8 Å². The smallest absolute Gasteiger partial charge is 0.264 e. The summed E-state index contributed by atoms with van der Waals surface area (Å²) >= 11 is 3.34. The molecule has 24 heavy (non-hydrogen) atoms. The summed E-state index contributed by atoms with van der Waals surface area (Å²) in [7, 11) is -3.96. The molecule has 0 heterocycles. The number of nitrogens with zero attached hydrogens (tertiary/aromatic N) is 1. The Hall–Kier alpha value is -1.44. The molecule has 0 aliphatic heterocycles. The van der Waals surface area contributed by atoms with E-state index in [-0.39, 0.29) is 11.4 Å². The monoisotopic (exact) mass is 415 g/mol. The molecule has 4 nitrogen and oxygen atoms in total. The van der Waals surface area contributed by atoms with Crippen molar-refractivity contribution >= 4 is 31.6 Å². The van der Waals surface area contributed by atoms with Crippen molar-refractivity contribution in [3.8, 4) is 0 Å². The van der Waals surface area contributed by atoms with E-state index in [1.807, 2.05) is 6.07 Å². The quantitative estimate of drug-likeness (QED) is 0.806. The molecule has 0 aliphatic rings. The topological polar surface area (TPSA) is 57.6 Å². The molecule has 0 fully saturated rings. The lowest BCUT2D eigenvalue weighted by Gasteiger charge is -2.31. The molecule has 2 aromatic rings. The molecule has 0 aliphatic carbocycles. The molecular formula is C17H19BrFNO3S. The SMILES string of the molecule is Cc1ccc(Br)cc1N(CC(C)(C)O)S(=O)(=O)c1ccc(F)cc1. The largest absolute Gasteiger partial charge is 0.389 e. The Morgan fingerprint density at radius 3 is 2.29 bits per heavy atom. The summed E-state index contributed by atoms with van der Waals surface area (Å²) in [6.07, 6.45) is 0. The normalized spacial score (nSPS) is 12.2. The number of anilines is 1. The van der Waals surface area contributed by atoms with Crippen LogP contribution >= 0.6 is 15.9 Å². The highest BCUT2D eigenvalue weighted by Gasteiger charge is 2.31. The summed E-state index contributed by atoms with van der Waals surface area (Å²) in [5.41, 5.74) is -0.0500. The molecule has 0 saturated heterocycles. The van der Waals surface area contributed by atoms with Gasteiger partial charge in [-0.2, -0.15) is 0 Å². The van der Waals surface area contributed by atoms with Crippen LogP contribution in [0.15, 0.2) is 51.8 Å². The van der Waals surface area contributed by atoms with Crippen molar-refractivity contribution in [1.29, 1.82) is 0 Å². The summed E-state index contributed by atoms with van der Waals surface area (Å²) < 4.78 is 41.1. The molecule has 7 heteroatoms. The highest BCUT2D eigenvalue weighted by atomic mass is 79.9. The molecule has 0 unspecified atom stereocenters. The van der Waals surface area contributed by atoms with Crippen molar-refractivity contribution in [1.82, 2.24) is 0 Å².